The SMILES string of the molecule is C#CCOC[C@@H](NC(=O)C(F)(F)F)c1ccccc1.C#CCOC[C@@H](NC(=O)[C@@H]1CC[C@@H]2CCCC[C@H](NC(=O)OC(C)(C)C)C(=O)N21)c1ccccc1.CC[C@@H](C)C(=O)N[C@H]1CCCC[C@H]2CCC(C(=O)N[C@H](COCc3cn([C@@H]4CC[C@H](NC(=O)[C@H](C)CC)C(=O)N5[C@H](CC[C@H]5C(=O)N[C@@H]5CCCc6ccccc65)C4)nn3)c3ccccc3)N2C1=O. The molecule has 27 nitrogen and oxygen atoms in total. The van der Waals surface area contributed by atoms with Gasteiger partial charge in [-0.2, -0.15) is 13.2 Å². The first-order valence-electron chi connectivity index (χ1n) is 43.7. The highest BCUT2D eigenvalue weighted by molar-refractivity contribution is 5.95. The number of alkyl halides is 3. The van der Waals surface area contributed by atoms with Crippen molar-refractivity contribution in [2.45, 2.75) is 293 Å². The molecule has 10 amide bonds. The highest BCUT2D eigenvalue weighted by atomic mass is 19.4. The highest BCUT2D eigenvalue weighted by Gasteiger charge is 2.50. The number of hydrogen-bond donors (Lipinski definition) is 7. The van der Waals surface area contributed by atoms with Gasteiger partial charge in [0, 0.05) is 30.0 Å². The van der Waals surface area contributed by atoms with Gasteiger partial charge in [-0.1, -0.05) is 186 Å². The van der Waals surface area contributed by atoms with Crippen LogP contribution >= 0.6 is 0 Å². The number of terminal acetylenes is 2. The van der Waals surface area contributed by atoms with Crippen molar-refractivity contribution in [2.75, 3.05) is 33.0 Å². The van der Waals surface area contributed by atoms with Crippen LogP contribution in [0.25, 0.3) is 0 Å². The van der Waals surface area contributed by atoms with Gasteiger partial charge in [-0.05, 0) is 164 Å². The van der Waals surface area contributed by atoms with Crippen LogP contribution in [-0.4, -0.2) is 188 Å². The summed E-state index contributed by atoms with van der Waals surface area (Å²) in [5.74, 6) is 0.603. The van der Waals surface area contributed by atoms with Gasteiger partial charge in [0.1, 0.15) is 60.8 Å². The maximum atomic E-state index is 14.5. The number of ether oxygens (including phenoxy) is 4. The van der Waals surface area contributed by atoms with Crippen molar-refractivity contribution < 1.29 is 80.1 Å². The number of rotatable bonds is 28. The second-order valence-electron chi connectivity index (χ2n) is 34.1. The van der Waals surface area contributed by atoms with Crippen molar-refractivity contribution in [3.05, 3.63) is 155 Å². The van der Waals surface area contributed by atoms with Crippen LogP contribution in [0.4, 0.5) is 18.0 Å². The van der Waals surface area contributed by atoms with E-state index in [1.54, 1.807) is 65.8 Å². The maximum absolute atomic E-state index is 14.5. The monoisotopic (exact) mass is 1700 g/mol. The lowest BCUT2D eigenvalue weighted by Crippen LogP contribution is -2.57. The van der Waals surface area contributed by atoms with E-state index in [-0.39, 0.29) is 129 Å². The molecular weight excluding hydrogens is 1580 g/mol. The van der Waals surface area contributed by atoms with Gasteiger partial charge in [-0.3, -0.25) is 43.2 Å². The topological polar surface area (TPSA) is 332 Å². The van der Waals surface area contributed by atoms with Crippen LogP contribution in [0.15, 0.2) is 121 Å². The van der Waals surface area contributed by atoms with Crippen molar-refractivity contribution in [3.63, 3.8) is 0 Å². The van der Waals surface area contributed by atoms with Gasteiger partial charge in [0.2, 0.25) is 47.3 Å². The Kier molecular flexibility index (Phi) is 35.1. The lowest BCUT2D eigenvalue weighted by Gasteiger charge is -2.38. The fraction of sp³-hybridized carbons (Fsp3) is 0.570. The summed E-state index contributed by atoms with van der Waals surface area (Å²) in [6.07, 6.45) is 22.3. The van der Waals surface area contributed by atoms with Crippen LogP contribution in [0, 0.1) is 36.5 Å². The van der Waals surface area contributed by atoms with Crippen LogP contribution in [0.1, 0.15) is 247 Å². The summed E-state index contributed by atoms with van der Waals surface area (Å²) in [7, 11) is 0. The molecule has 7 heterocycles. The maximum Gasteiger partial charge on any atom is 0.471 e. The average Bonchev–Trinajstić information content (AvgIpc) is 1.65. The Bertz CT molecular complexity index is 4440. The molecule has 1 aliphatic carbocycles. The summed E-state index contributed by atoms with van der Waals surface area (Å²) in [6.45, 7) is 13.4. The fourth-order valence-corrected chi connectivity index (χ4v) is 17.4. The molecule has 664 valence electrons. The van der Waals surface area contributed by atoms with Gasteiger partial charge in [0.25, 0.3) is 0 Å². The van der Waals surface area contributed by atoms with Crippen molar-refractivity contribution in [1.82, 2.24) is 66.9 Å². The van der Waals surface area contributed by atoms with Crippen molar-refractivity contribution in [2.24, 2.45) is 11.8 Å². The van der Waals surface area contributed by atoms with Crippen LogP contribution in [0.2, 0.25) is 0 Å². The quantitative estimate of drug-likeness (QED) is 0.0181. The van der Waals surface area contributed by atoms with Gasteiger partial charge in [-0.15, -0.1) is 17.9 Å². The first kappa shape index (κ1) is 94.6. The number of aromatic nitrogens is 3. The minimum absolute atomic E-state index is 0.0191. The standard InChI is InChI=1S/C53H73N9O7.C27H37N3O5.C13H12F3NO2/c1-5-33(3)48(63)55-43-21-13-11-19-38-24-27-46(61(38)52(43)67)51(66)57-45(36-16-8-7-9-17-36)32-69-31-37-30-60(59-58-37)39-23-26-44(56-49(64)34(4)6-2)53(68)62-40(29-39)25-28-47(62)50(65)54-42-22-14-18-35-15-10-12-20-41(35)42;1-5-17-34-18-22(19-11-7-6-8-12-19)28-24(31)23-16-15-20-13-9-10-14-21(25(32)30(20)23)29-26(33)35-27(2,3)4;1-2-8-19-9-11(10-6-4-3-5-7-10)17-12(18)13(14,15)16/h7-10,12,15-17,20,30,33-34,38-40,42-47H,5-6,11,13-14,18-19,21-29,31-32H2,1-4H3,(H,54,65)(H,55,63)(H,56,64)(H,57,66);1,6-8,11-12,20-23H,9-10,13-18H2,2-4H3,(H,28,31)(H,29,33);1,3-7,11H,8-9H2,(H,17,18)/t33-,34-,38+,39-,40-,42-,43+,44+,45-,46?,47+;20-,21-,22+,23-;11-/m101/s1. The molecule has 5 aromatic rings. The van der Waals surface area contributed by atoms with E-state index in [9.17, 15) is 61.1 Å². The largest absolute Gasteiger partial charge is 0.471 e. The number of carbonyl (C=O) groups is 10. The number of nitrogens with zero attached hydrogens (tertiary/aromatic N) is 6. The van der Waals surface area contributed by atoms with E-state index in [1.165, 1.54) is 5.56 Å². The number of halogens is 3. The average molecular weight is 1700 g/mol. The van der Waals surface area contributed by atoms with E-state index in [2.05, 4.69) is 66.2 Å². The zero-order chi connectivity index (χ0) is 88.3. The molecule has 0 saturated carbocycles. The first-order valence-corrected chi connectivity index (χ1v) is 43.7. The molecule has 6 aliphatic heterocycles. The summed E-state index contributed by atoms with van der Waals surface area (Å²) in [6, 6.07) is 29.2. The van der Waals surface area contributed by atoms with Gasteiger partial charge < -0.3 is 70.9 Å². The van der Waals surface area contributed by atoms with Crippen molar-refractivity contribution in [1.29, 1.82) is 0 Å². The Balaban J connectivity index is 0.000000241. The smallest absolute Gasteiger partial charge is 0.444 e. The number of fused-ring (bicyclic) bond motifs is 4. The van der Waals surface area contributed by atoms with Crippen LogP contribution in [-0.2, 0) is 75.1 Å². The predicted octanol–water partition coefficient (Wildman–Crippen LogP) is 11.3. The number of benzene rings is 4. The van der Waals surface area contributed by atoms with Gasteiger partial charge in [0.15, 0.2) is 0 Å². The highest BCUT2D eigenvalue weighted by Crippen LogP contribution is 2.39. The predicted molar refractivity (Wildman–Crippen MR) is 454 cm³/mol. The number of aryl methyl sites for hydroxylation is 1. The van der Waals surface area contributed by atoms with Crippen LogP contribution < -0.4 is 37.2 Å². The van der Waals surface area contributed by atoms with E-state index in [1.807, 2.05) is 117 Å². The van der Waals surface area contributed by atoms with E-state index < -0.39 is 78.2 Å². The Labute approximate surface area is 720 Å². The molecule has 7 N–H and O–H groups in total. The summed E-state index contributed by atoms with van der Waals surface area (Å²) < 4.78 is 60.7. The second-order valence-corrected chi connectivity index (χ2v) is 34.1. The molecule has 123 heavy (non-hydrogen) atoms. The van der Waals surface area contributed by atoms with E-state index in [4.69, 9.17) is 31.8 Å². The summed E-state index contributed by atoms with van der Waals surface area (Å²) >= 11 is 0. The second kappa shape index (κ2) is 45.6. The lowest BCUT2D eigenvalue weighted by molar-refractivity contribution is -0.174. The third kappa shape index (κ3) is 26.4. The minimum atomic E-state index is -4.93. The summed E-state index contributed by atoms with van der Waals surface area (Å²) in [5, 5.41) is 29.3. The molecule has 6 saturated heterocycles. The molecular formula is C93H122F3N13O14. The Morgan fingerprint density at radius 3 is 1.40 bits per heavy atom. The molecule has 30 heteroatoms. The molecule has 1 unspecified atom stereocenters. The van der Waals surface area contributed by atoms with Crippen LogP contribution in [0.3, 0.4) is 0 Å². The number of alkyl carbamates (subject to hydrolysis) is 1. The van der Waals surface area contributed by atoms with Gasteiger partial charge in [0.05, 0.1) is 62.8 Å². The number of amides is 10. The molecule has 12 rings (SSSR count). The van der Waals surface area contributed by atoms with E-state index in [0.29, 0.717) is 81.9 Å². The minimum Gasteiger partial charge on any atom is -0.444 e. The zero-order valence-corrected chi connectivity index (χ0v) is 71.8. The Morgan fingerprint density at radius 2 is 0.911 bits per heavy atom. The number of hydrogen-bond acceptors (Lipinski definition) is 16. The van der Waals surface area contributed by atoms with E-state index in [0.717, 1.165) is 87.3 Å². The van der Waals surface area contributed by atoms with Crippen molar-refractivity contribution >= 4 is 59.3 Å². The molecule has 16 atom stereocenters. The normalized spacial score (nSPS) is 23.9. The first-order chi connectivity index (χ1) is 59.1. The van der Waals surface area contributed by atoms with E-state index >= 15 is 0 Å². The lowest BCUT2D eigenvalue weighted by atomic mass is 9.87. The number of carbonyl (C=O) groups excluding carboxylic acids is 10. The third-order valence-electron chi connectivity index (χ3n) is 24.3. The van der Waals surface area contributed by atoms with Crippen LogP contribution in [0.5, 0.6) is 0 Å². The molecule has 0 spiro atoms. The molecule has 7 aliphatic rings. The summed E-state index contributed by atoms with van der Waals surface area (Å²) in [5.41, 5.74) is 4.58. The molecule has 0 radical (unpaired) electrons. The fourth-order valence-electron chi connectivity index (χ4n) is 17.4. The number of nitrogens with one attached hydrogen (secondary N) is 7. The van der Waals surface area contributed by atoms with Crippen molar-refractivity contribution in [3.8, 4) is 24.7 Å². The van der Waals surface area contributed by atoms with Gasteiger partial charge >= 0.3 is 18.2 Å². The molecule has 6 fully saturated rings. The third-order valence-corrected chi connectivity index (χ3v) is 24.3. The summed E-state index contributed by atoms with van der Waals surface area (Å²) in [4.78, 5) is 139. The molecule has 4 aromatic carbocycles. The molecule has 0 bridgehead atoms. The Morgan fingerprint density at radius 1 is 0.488 bits per heavy atom. The molecule has 1 aromatic heterocycles. The van der Waals surface area contributed by atoms with Gasteiger partial charge in [-0.25, -0.2) is 9.48 Å². The Hall–Kier alpha value is -10.7. The zero-order valence-electron chi connectivity index (χ0n) is 71.8.